The molecule has 1 atom stereocenters. The first-order chi connectivity index (χ1) is 20.3. The number of nitriles is 1. The molecule has 0 fully saturated rings. The molecule has 0 spiro atoms. The van der Waals surface area contributed by atoms with Gasteiger partial charge in [-0.05, 0) is 66.9 Å². The number of allylic oxidation sites excluding steroid dienone is 1. The summed E-state index contributed by atoms with van der Waals surface area (Å²) in [6, 6.07) is 21.2. The maximum Gasteiger partial charge on any atom is 0.271 e. The molecule has 1 aromatic heterocycles. The number of para-hydroxylation sites is 1. The third-order valence-corrected chi connectivity index (χ3v) is 7.81. The molecule has 0 unspecified atom stereocenters. The van der Waals surface area contributed by atoms with E-state index in [1.807, 2.05) is 49.4 Å². The first-order valence-electron chi connectivity index (χ1n) is 13.1. The van der Waals surface area contributed by atoms with E-state index in [-0.39, 0.29) is 18.1 Å². The molecule has 3 aromatic carbocycles. The highest BCUT2D eigenvalue weighted by atomic mass is 32.1. The van der Waals surface area contributed by atoms with Gasteiger partial charge in [-0.1, -0.05) is 47.7 Å². The van der Waals surface area contributed by atoms with E-state index in [4.69, 9.17) is 24.5 Å². The molecule has 0 bridgehead atoms. The lowest BCUT2D eigenvalue weighted by atomic mass is 9.94. The molecule has 10 heteroatoms. The predicted molar refractivity (Wildman–Crippen MR) is 161 cm³/mol. The van der Waals surface area contributed by atoms with Gasteiger partial charge in [0.25, 0.3) is 11.5 Å². The number of methoxy groups -OCH3 is 2. The summed E-state index contributed by atoms with van der Waals surface area (Å²) in [6.45, 7) is 3.60. The van der Waals surface area contributed by atoms with Crippen LogP contribution in [-0.4, -0.2) is 31.3 Å². The van der Waals surface area contributed by atoms with E-state index in [1.165, 1.54) is 18.4 Å². The van der Waals surface area contributed by atoms with Gasteiger partial charge in [0, 0.05) is 5.69 Å². The largest absolute Gasteiger partial charge is 0.496 e. The van der Waals surface area contributed by atoms with Crippen LogP contribution >= 0.6 is 11.3 Å². The number of carbonyl (C=O) groups excluding carboxylic acids is 1. The molecular weight excluding hydrogens is 552 g/mol. The van der Waals surface area contributed by atoms with Crippen LogP contribution in [0.25, 0.3) is 6.08 Å². The van der Waals surface area contributed by atoms with Gasteiger partial charge in [0.15, 0.2) is 22.9 Å². The maximum atomic E-state index is 14.0. The van der Waals surface area contributed by atoms with Crippen LogP contribution in [0.15, 0.2) is 87.8 Å². The highest BCUT2D eigenvalue weighted by Gasteiger charge is 2.33. The van der Waals surface area contributed by atoms with Crippen molar-refractivity contribution in [3.8, 4) is 23.3 Å². The molecule has 0 aliphatic carbocycles. The van der Waals surface area contributed by atoms with E-state index in [2.05, 4.69) is 5.32 Å². The minimum absolute atomic E-state index is 0.113. The summed E-state index contributed by atoms with van der Waals surface area (Å²) in [5, 5.41) is 11.8. The molecule has 1 aliphatic heterocycles. The predicted octanol–water partition coefficient (Wildman–Crippen LogP) is 4.10. The van der Waals surface area contributed by atoms with Gasteiger partial charge in [0.05, 0.1) is 36.1 Å². The summed E-state index contributed by atoms with van der Waals surface area (Å²) >= 11 is 1.24. The number of aromatic nitrogens is 1. The monoisotopic (exact) mass is 580 g/mol. The number of thiazole rings is 1. The minimum atomic E-state index is -0.738. The Bertz CT molecular complexity index is 1920. The summed E-state index contributed by atoms with van der Waals surface area (Å²) < 4.78 is 18.4. The minimum Gasteiger partial charge on any atom is -0.496 e. The molecule has 1 amide bonds. The normalized spacial score (nSPS) is 14.5. The molecule has 0 radical (unpaired) electrons. The van der Waals surface area contributed by atoms with Crippen LogP contribution in [0.1, 0.15) is 29.7 Å². The van der Waals surface area contributed by atoms with Crippen molar-refractivity contribution in [2.45, 2.75) is 19.9 Å². The fourth-order valence-corrected chi connectivity index (χ4v) is 5.86. The summed E-state index contributed by atoms with van der Waals surface area (Å²) in [5.74, 6) is 1.17. The number of nitrogens with zero attached hydrogens (tertiary/aromatic N) is 3. The topological polar surface area (TPSA) is 115 Å². The van der Waals surface area contributed by atoms with Crippen LogP contribution in [0.4, 0.5) is 5.69 Å². The second kappa shape index (κ2) is 12.2. The van der Waals surface area contributed by atoms with Crippen LogP contribution in [0.3, 0.4) is 0 Å². The Morgan fingerprint density at radius 2 is 1.81 bits per heavy atom. The highest BCUT2D eigenvalue weighted by Crippen LogP contribution is 2.34. The molecule has 5 rings (SSSR count). The van der Waals surface area contributed by atoms with Crippen molar-refractivity contribution >= 4 is 29.0 Å². The van der Waals surface area contributed by atoms with Crippen LogP contribution in [-0.2, 0) is 4.79 Å². The molecule has 1 aliphatic rings. The van der Waals surface area contributed by atoms with Gasteiger partial charge in [-0.2, -0.15) is 5.26 Å². The Labute approximate surface area is 246 Å². The van der Waals surface area contributed by atoms with Crippen molar-refractivity contribution in [2.75, 3.05) is 26.1 Å². The highest BCUT2D eigenvalue weighted by molar-refractivity contribution is 7.07. The van der Waals surface area contributed by atoms with Crippen molar-refractivity contribution in [3.05, 3.63) is 114 Å². The molecule has 212 valence electrons. The third kappa shape index (κ3) is 5.55. The number of benzene rings is 3. The van der Waals surface area contributed by atoms with Gasteiger partial charge in [-0.15, -0.1) is 0 Å². The number of nitrogens with one attached hydrogen (secondary N) is 1. The molecule has 4 aromatic rings. The average molecular weight is 581 g/mol. The van der Waals surface area contributed by atoms with E-state index in [1.54, 1.807) is 55.0 Å². The van der Waals surface area contributed by atoms with Crippen LogP contribution in [0.2, 0.25) is 0 Å². The van der Waals surface area contributed by atoms with Crippen LogP contribution in [0.5, 0.6) is 17.2 Å². The average Bonchev–Trinajstić information content (AvgIpc) is 3.30. The lowest BCUT2D eigenvalue weighted by Crippen LogP contribution is -2.40. The van der Waals surface area contributed by atoms with Gasteiger partial charge in [-0.3, -0.25) is 14.2 Å². The summed E-state index contributed by atoms with van der Waals surface area (Å²) in [7, 11) is 3.10. The summed E-state index contributed by atoms with van der Waals surface area (Å²) in [4.78, 5) is 33.0. The zero-order valence-electron chi connectivity index (χ0n) is 23.5. The number of amides is 1. The first kappa shape index (κ1) is 28.4. The van der Waals surface area contributed by atoms with Crippen molar-refractivity contribution < 1.29 is 19.0 Å². The fourth-order valence-electron chi connectivity index (χ4n) is 4.81. The Kier molecular flexibility index (Phi) is 8.22. The number of fused-ring (bicyclic) bond motifs is 1. The van der Waals surface area contributed by atoms with E-state index in [0.717, 1.165) is 11.1 Å². The molecule has 1 N–H and O–H groups in total. The van der Waals surface area contributed by atoms with Crippen molar-refractivity contribution in [3.63, 3.8) is 0 Å². The van der Waals surface area contributed by atoms with Crippen molar-refractivity contribution in [2.24, 2.45) is 4.99 Å². The van der Waals surface area contributed by atoms with Gasteiger partial charge in [-0.25, -0.2) is 4.99 Å². The van der Waals surface area contributed by atoms with E-state index in [0.29, 0.717) is 49.1 Å². The molecule has 9 nitrogen and oxygen atoms in total. The number of anilines is 1. The number of hydrogen-bond acceptors (Lipinski definition) is 8. The second-order valence-corrected chi connectivity index (χ2v) is 10.5. The lowest BCUT2D eigenvalue weighted by Gasteiger charge is -2.26. The Morgan fingerprint density at radius 3 is 2.52 bits per heavy atom. The Morgan fingerprint density at radius 1 is 1.05 bits per heavy atom. The molecule has 2 heterocycles. The maximum absolute atomic E-state index is 14.0. The van der Waals surface area contributed by atoms with Gasteiger partial charge in [0.1, 0.15) is 11.8 Å². The molecular formula is C32H28N4O5S. The number of ether oxygens (including phenoxy) is 3. The molecule has 42 heavy (non-hydrogen) atoms. The zero-order chi connectivity index (χ0) is 29.8. The zero-order valence-corrected chi connectivity index (χ0v) is 24.3. The smallest absolute Gasteiger partial charge is 0.271 e. The Hall–Kier alpha value is -5.14. The van der Waals surface area contributed by atoms with Crippen LogP contribution in [0, 0.1) is 18.3 Å². The number of hydrogen-bond donors (Lipinski definition) is 1. The second-order valence-electron chi connectivity index (χ2n) is 9.49. The van der Waals surface area contributed by atoms with Gasteiger partial charge >= 0.3 is 0 Å². The molecule has 0 saturated heterocycles. The number of rotatable bonds is 8. The van der Waals surface area contributed by atoms with Crippen molar-refractivity contribution in [1.82, 2.24) is 4.57 Å². The van der Waals surface area contributed by atoms with E-state index in [9.17, 15) is 9.59 Å². The quantitative estimate of drug-likeness (QED) is 0.336. The fraction of sp³-hybridized carbons (Fsp3) is 0.188. The van der Waals surface area contributed by atoms with E-state index < -0.39 is 6.04 Å². The van der Waals surface area contributed by atoms with Crippen LogP contribution < -0.4 is 34.4 Å². The van der Waals surface area contributed by atoms with Crippen molar-refractivity contribution in [1.29, 1.82) is 5.26 Å². The van der Waals surface area contributed by atoms with E-state index >= 15 is 0 Å². The number of aryl methyl sites for hydroxylation is 1. The van der Waals surface area contributed by atoms with Gasteiger partial charge in [0.2, 0.25) is 0 Å². The molecule has 0 saturated carbocycles. The third-order valence-electron chi connectivity index (χ3n) is 6.82. The standard InChI is InChI=1S/C32H28N4O5S/c1-19-10-12-22(18-25(19)39-3)29-28(30(37)35-23-8-6-5-7-9-23)20(2)34-32-36(29)31(38)27(42-32)17-21-11-13-24(41-15-14-33)26(16-21)40-4/h5-13,16-18,29H,15H2,1-4H3,(H,35,37)/b27-17-/t29-/m1/s1. The summed E-state index contributed by atoms with van der Waals surface area (Å²) in [5.41, 5.74) is 3.58. The SMILES string of the molecule is COc1cc([C@@H]2C(C(=O)Nc3ccccc3)=C(C)N=c3s/c(=C\c4ccc(OCC#N)c(OC)c4)c(=O)n32)ccc1C. The Balaban J connectivity index is 1.65. The lowest BCUT2D eigenvalue weighted by molar-refractivity contribution is -0.113. The first-order valence-corrected chi connectivity index (χ1v) is 13.9. The summed E-state index contributed by atoms with van der Waals surface area (Å²) in [6.07, 6.45) is 1.75. The number of carbonyl (C=O) groups is 1. The van der Waals surface area contributed by atoms with Gasteiger partial charge < -0.3 is 19.5 Å².